The van der Waals surface area contributed by atoms with Crippen molar-refractivity contribution in [3.05, 3.63) is 23.8 Å². The highest BCUT2D eigenvalue weighted by Gasteiger charge is 2.47. The Labute approximate surface area is 162 Å². The van der Waals surface area contributed by atoms with Gasteiger partial charge in [0, 0.05) is 6.54 Å². The Morgan fingerprint density at radius 2 is 1.68 bits per heavy atom. The lowest BCUT2D eigenvalue weighted by atomic mass is 9.81. The van der Waals surface area contributed by atoms with Crippen molar-refractivity contribution < 1.29 is 33.4 Å². The van der Waals surface area contributed by atoms with E-state index in [-0.39, 0.29) is 53.7 Å². The third-order valence-corrected chi connectivity index (χ3v) is 5.28. The lowest BCUT2D eigenvalue weighted by molar-refractivity contribution is -0.141. The number of fused-ring (bicyclic) bond motifs is 1. The first-order valence-corrected chi connectivity index (χ1v) is 9.28. The summed E-state index contributed by atoms with van der Waals surface area (Å²) in [5.41, 5.74) is 0.259. The first kappa shape index (κ1) is 19.9. The fraction of sp³-hybridized carbons (Fsp3) is 0.500. The minimum Gasteiger partial charge on any atom is -0.493 e. The maximum Gasteiger partial charge on any atom is 0.337 e. The van der Waals surface area contributed by atoms with E-state index in [4.69, 9.17) is 9.47 Å². The second kappa shape index (κ2) is 8.41. The van der Waals surface area contributed by atoms with Crippen LogP contribution in [0.25, 0.3) is 0 Å². The predicted molar refractivity (Wildman–Crippen MR) is 96.8 cm³/mol. The summed E-state index contributed by atoms with van der Waals surface area (Å²) in [6, 6.07) is 4.30. The van der Waals surface area contributed by atoms with Crippen molar-refractivity contribution in [2.24, 2.45) is 11.8 Å². The monoisotopic (exact) mass is 389 g/mol. The molecule has 2 amide bonds. The molecule has 1 aromatic carbocycles. The molecule has 1 saturated heterocycles. The Morgan fingerprint density at radius 3 is 2.25 bits per heavy atom. The Bertz CT molecular complexity index is 780. The molecule has 1 saturated carbocycles. The molecule has 0 bridgehead atoms. The van der Waals surface area contributed by atoms with Gasteiger partial charge in [0.05, 0.1) is 38.0 Å². The minimum absolute atomic E-state index is 0.00601. The third kappa shape index (κ3) is 3.85. The van der Waals surface area contributed by atoms with Crippen LogP contribution >= 0.6 is 0 Å². The molecule has 1 heterocycles. The molecule has 0 unspecified atom stereocenters. The van der Waals surface area contributed by atoms with Crippen LogP contribution in [0.1, 0.15) is 42.5 Å². The van der Waals surface area contributed by atoms with Gasteiger partial charge < -0.3 is 14.2 Å². The molecule has 8 nitrogen and oxygen atoms in total. The molecule has 1 aromatic rings. The lowest BCUT2D eigenvalue weighted by Gasteiger charge is -2.19. The highest BCUT2D eigenvalue weighted by Crippen LogP contribution is 2.38. The molecule has 2 fully saturated rings. The normalized spacial score (nSPS) is 21.3. The minimum atomic E-state index is -0.598. The highest BCUT2D eigenvalue weighted by molar-refractivity contribution is 6.05. The molecule has 1 aliphatic carbocycles. The molecule has 1 aliphatic heterocycles. The number of likely N-dealkylation sites (tertiary alicyclic amines) is 1. The average molecular weight is 389 g/mol. The Kier molecular flexibility index (Phi) is 5.96. The summed E-state index contributed by atoms with van der Waals surface area (Å²) < 4.78 is 15.1. The number of carbonyl (C=O) groups excluding carboxylic acids is 4. The van der Waals surface area contributed by atoms with Crippen LogP contribution in [-0.2, 0) is 19.1 Å². The number of hydrogen-bond donors (Lipinski definition) is 0. The van der Waals surface area contributed by atoms with E-state index in [1.165, 1.54) is 37.3 Å². The van der Waals surface area contributed by atoms with Crippen LogP contribution in [0.15, 0.2) is 18.2 Å². The lowest BCUT2D eigenvalue weighted by Crippen LogP contribution is -2.33. The van der Waals surface area contributed by atoms with E-state index in [9.17, 15) is 19.2 Å². The molecule has 3 rings (SSSR count). The second-order valence-electron chi connectivity index (χ2n) is 6.91. The summed E-state index contributed by atoms with van der Waals surface area (Å²) in [6.45, 7) is 0.00601. The van der Waals surface area contributed by atoms with Crippen molar-refractivity contribution in [3.8, 4) is 11.5 Å². The molecule has 8 heteroatoms. The summed E-state index contributed by atoms with van der Waals surface area (Å²) in [6.07, 6.45) is 3.27. The van der Waals surface area contributed by atoms with Crippen LogP contribution in [-0.4, -0.2) is 49.4 Å². The maximum absolute atomic E-state index is 12.4. The molecule has 2 aliphatic rings. The average Bonchev–Trinajstić information content (AvgIpc) is 2.96. The zero-order valence-corrected chi connectivity index (χ0v) is 15.9. The molecule has 2 atom stereocenters. The Hall–Kier alpha value is -2.90. The van der Waals surface area contributed by atoms with Crippen molar-refractivity contribution in [3.63, 3.8) is 0 Å². The van der Waals surface area contributed by atoms with Gasteiger partial charge in [0.2, 0.25) is 11.8 Å². The van der Waals surface area contributed by atoms with E-state index in [0.29, 0.717) is 0 Å². The van der Waals surface area contributed by atoms with E-state index >= 15 is 0 Å². The van der Waals surface area contributed by atoms with Crippen LogP contribution in [0.5, 0.6) is 11.5 Å². The molecule has 150 valence electrons. The molecular formula is C20H23NO7. The number of carbonyl (C=O) groups is 4. The van der Waals surface area contributed by atoms with Crippen molar-refractivity contribution in [2.75, 3.05) is 20.8 Å². The van der Waals surface area contributed by atoms with Crippen LogP contribution in [0, 0.1) is 11.8 Å². The topological polar surface area (TPSA) is 99.2 Å². The number of imide groups is 1. The van der Waals surface area contributed by atoms with E-state index in [2.05, 4.69) is 4.74 Å². The van der Waals surface area contributed by atoms with E-state index in [1.807, 2.05) is 0 Å². The highest BCUT2D eigenvalue weighted by atomic mass is 16.6. The molecule has 0 spiro atoms. The van der Waals surface area contributed by atoms with Crippen molar-refractivity contribution in [1.29, 1.82) is 0 Å². The SMILES string of the molecule is COC(=O)c1ccc(OC(=O)CCN2C(=O)[C@@H]3CCCC[C@H]3C2=O)c(OC)c1. The largest absolute Gasteiger partial charge is 0.493 e. The van der Waals surface area contributed by atoms with Gasteiger partial charge in [-0.15, -0.1) is 0 Å². The second-order valence-corrected chi connectivity index (χ2v) is 6.91. The van der Waals surface area contributed by atoms with Crippen molar-refractivity contribution in [1.82, 2.24) is 4.90 Å². The number of amides is 2. The van der Waals surface area contributed by atoms with Crippen LogP contribution in [0.2, 0.25) is 0 Å². The molecular weight excluding hydrogens is 366 g/mol. The van der Waals surface area contributed by atoms with Gasteiger partial charge >= 0.3 is 11.9 Å². The number of benzene rings is 1. The fourth-order valence-corrected chi connectivity index (χ4v) is 3.82. The number of ether oxygens (including phenoxy) is 3. The maximum atomic E-state index is 12.4. The van der Waals surface area contributed by atoms with E-state index < -0.39 is 11.9 Å². The van der Waals surface area contributed by atoms with Gasteiger partial charge in [-0.2, -0.15) is 0 Å². The number of hydrogen-bond acceptors (Lipinski definition) is 7. The molecule has 0 N–H and O–H groups in total. The summed E-state index contributed by atoms with van der Waals surface area (Å²) in [7, 11) is 2.65. The van der Waals surface area contributed by atoms with Crippen LogP contribution in [0.3, 0.4) is 0 Å². The number of esters is 2. The number of rotatable bonds is 6. The van der Waals surface area contributed by atoms with Gasteiger partial charge in [-0.05, 0) is 31.0 Å². The quantitative estimate of drug-likeness (QED) is 0.416. The van der Waals surface area contributed by atoms with E-state index in [0.717, 1.165) is 25.7 Å². The van der Waals surface area contributed by atoms with Gasteiger partial charge in [-0.3, -0.25) is 19.3 Å². The van der Waals surface area contributed by atoms with Crippen molar-refractivity contribution in [2.45, 2.75) is 32.1 Å². The van der Waals surface area contributed by atoms with Gasteiger partial charge in [0.15, 0.2) is 11.5 Å². The third-order valence-electron chi connectivity index (χ3n) is 5.28. The standard InChI is InChI=1S/C20H23NO7/c1-26-16-11-12(20(25)27-2)7-8-15(16)28-17(22)9-10-21-18(23)13-5-3-4-6-14(13)19(21)24/h7-8,11,13-14H,3-6,9-10H2,1-2H3/t13-,14-/m1/s1. The summed E-state index contributed by atoms with van der Waals surface area (Å²) in [4.78, 5) is 49.9. The van der Waals surface area contributed by atoms with E-state index in [1.54, 1.807) is 0 Å². The van der Waals surface area contributed by atoms with Gasteiger partial charge in [-0.25, -0.2) is 4.79 Å². The summed E-state index contributed by atoms with van der Waals surface area (Å²) in [5.74, 6) is -1.61. The Morgan fingerprint density at radius 1 is 1.04 bits per heavy atom. The van der Waals surface area contributed by atoms with Gasteiger partial charge in [-0.1, -0.05) is 12.8 Å². The van der Waals surface area contributed by atoms with Crippen LogP contribution in [0.4, 0.5) is 0 Å². The zero-order valence-electron chi connectivity index (χ0n) is 15.9. The predicted octanol–water partition coefficient (Wildman–Crippen LogP) is 1.95. The smallest absolute Gasteiger partial charge is 0.337 e. The molecule has 0 radical (unpaired) electrons. The first-order chi connectivity index (χ1) is 13.5. The first-order valence-electron chi connectivity index (χ1n) is 9.28. The van der Waals surface area contributed by atoms with Gasteiger partial charge in [0.1, 0.15) is 0 Å². The van der Waals surface area contributed by atoms with Crippen LogP contribution < -0.4 is 9.47 Å². The Balaban J connectivity index is 1.61. The summed E-state index contributed by atoms with van der Waals surface area (Å²) in [5, 5.41) is 0. The zero-order chi connectivity index (χ0) is 20.3. The van der Waals surface area contributed by atoms with Gasteiger partial charge in [0.25, 0.3) is 0 Å². The fourth-order valence-electron chi connectivity index (χ4n) is 3.82. The summed E-state index contributed by atoms with van der Waals surface area (Å²) >= 11 is 0. The molecule has 0 aromatic heterocycles. The number of nitrogens with zero attached hydrogens (tertiary/aromatic N) is 1. The van der Waals surface area contributed by atoms with Crippen molar-refractivity contribution >= 4 is 23.8 Å². The molecule has 28 heavy (non-hydrogen) atoms. The number of methoxy groups -OCH3 is 2.